The van der Waals surface area contributed by atoms with Gasteiger partial charge in [0.15, 0.2) is 0 Å². The van der Waals surface area contributed by atoms with Gasteiger partial charge in [0, 0.05) is 10.0 Å². The monoisotopic (exact) mass is 347 g/mol. The van der Waals surface area contributed by atoms with Crippen molar-refractivity contribution in [1.29, 1.82) is 0 Å². The van der Waals surface area contributed by atoms with Gasteiger partial charge in [0.1, 0.15) is 0 Å². The minimum Gasteiger partial charge on any atom is -0.337 e. The van der Waals surface area contributed by atoms with E-state index in [1.165, 1.54) is 24.8 Å². The number of rotatable bonds is 2. The highest BCUT2D eigenvalue weighted by molar-refractivity contribution is 9.10. The molecule has 2 fully saturated rings. The third-order valence-electron chi connectivity index (χ3n) is 4.88. The van der Waals surface area contributed by atoms with Crippen molar-refractivity contribution >= 4 is 15.9 Å². The molecule has 0 radical (unpaired) electrons. The number of hydrogen-bond acceptors (Lipinski definition) is 4. The highest BCUT2D eigenvalue weighted by Crippen LogP contribution is 2.44. The van der Waals surface area contributed by atoms with Crippen LogP contribution in [0.3, 0.4) is 0 Å². The molecule has 1 aliphatic heterocycles. The van der Waals surface area contributed by atoms with Gasteiger partial charge < -0.3 is 9.84 Å². The molecular formula is C16H18BrN3O. The third kappa shape index (κ3) is 2.32. The SMILES string of the molecule is Cc1ccc(-c2noc(C3NCC4CCCC43)n2)cc1Br. The Labute approximate surface area is 132 Å². The van der Waals surface area contributed by atoms with E-state index in [9.17, 15) is 0 Å². The summed E-state index contributed by atoms with van der Waals surface area (Å²) in [6.45, 7) is 3.15. The van der Waals surface area contributed by atoms with E-state index in [4.69, 9.17) is 4.52 Å². The Balaban J connectivity index is 1.62. The van der Waals surface area contributed by atoms with Crippen LogP contribution in [-0.2, 0) is 0 Å². The van der Waals surface area contributed by atoms with E-state index in [0.717, 1.165) is 28.4 Å². The number of nitrogens with zero attached hydrogens (tertiary/aromatic N) is 2. The average Bonchev–Trinajstić information content (AvgIpc) is 3.16. The van der Waals surface area contributed by atoms with Crippen molar-refractivity contribution in [3.05, 3.63) is 34.1 Å². The molecule has 0 spiro atoms. The third-order valence-corrected chi connectivity index (χ3v) is 5.74. The quantitative estimate of drug-likeness (QED) is 0.895. The molecule has 3 unspecified atom stereocenters. The van der Waals surface area contributed by atoms with Crippen LogP contribution in [0, 0.1) is 18.8 Å². The molecule has 4 rings (SSSR count). The van der Waals surface area contributed by atoms with Crippen molar-refractivity contribution in [2.45, 2.75) is 32.2 Å². The molecule has 2 aliphatic rings. The summed E-state index contributed by atoms with van der Waals surface area (Å²) < 4.78 is 6.61. The second-order valence-corrected chi connectivity index (χ2v) is 7.02. The van der Waals surface area contributed by atoms with Gasteiger partial charge in [-0.2, -0.15) is 4.98 Å². The highest BCUT2D eigenvalue weighted by atomic mass is 79.9. The summed E-state index contributed by atoms with van der Waals surface area (Å²) in [7, 11) is 0. The zero-order valence-corrected chi connectivity index (χ0v) is 13.6. The predicted octanol–water partition coefficient (Wildman–Crippen LogP) is 3.87. The zero-order valence-electron chi connectivity index (χ0n) is 12.0. The molecule has 0 bridgehead atoms. The normalized spacial score (nSPS) is 28.0. The van der Waals surface area contributed by atoms with Crippen molar-refractivity contribution in [1.82, 2.24) is 15.5 Å². The van der Waals surface area contributed by atoms with E-state index in [0.29, 0.717) is 11.7 Å². The summed E-state index contributed by atoms with van der Waals surface area (Å²) in [5.41, 5.74) is 2.19. The van der Waals surface area contributed by atoms with Gasteiger partial charge in [-0.15, -0.1) is 0 Å². The maximum Gasteiger partial charge on any atom is 0.244 e. The second-order valence-electron chi connectivity index (χ2n) is 6.16. The molecule has 21 heavy (non-hydrogen) atoms. The standard InChI is InChI=1S/C16H18BrN3O/c1-9-5-6-10(7-13(9)17)15-19-16(21-20-15)14-12-4-2-3-11(12)8-18-14/h5-7,11-12,14,18H,2-4,8H2,1H3. The van der Waals surface area contributed by atoms with Gasteiger partial charge in [0.2, 0.25) is 11.7 Å². The van der Waals surface area contributed by atoms with Crippen LogP contribution in [0.5, 0.6) is 0 Å². The Kier molecular flexibility index (Phi) is 3.34. The molecule has 1 aromatic carbocycles. The Morgan fingerprint density at radius 2 is 2.24 bits per heavy atom. The van der Waals surface area contributed by atoms with E-state index in [2.05, 4.69) is 44.4 Å². The number of aromatic nitrogens is 2. The Hall–Kier alpha value is -1.20. The van der Waals surface area contributed by atoms with Gasteiger partial charge in [-0.05, 0) is 49.8 Å². The van der Waals surface area contributed by atoms with E-state index in [1.54, 1.807) is 0 Å². The summed E-state index contributed by atoms with van der Waals surface area (Å²) in [4.78, 5) is 4.63. The Bertz CT molecular complexity index is 669. The molecule has 5 heteroatoms. The summed E-state index contributed by atoms with van der Waals surface area (Å²) in [5.74, 6) is 2.88. The minimum atomic E-state index is 0.243. The van der Waals surface area contributed by atoms with Gasteiger partial charge in [-0.1, -0.05) is 39.6 Å². The van der Waals surface area contributed by atoms with Crippen molar-refractivity contribution in [2.24, 2.45) is 11.8 Å². The van der Waals surface area contributed by atoms with Crippen molar-refractivity contribution < 1.29 is 4.52 Å². The van der Waals surface area contributed by atoms with Crippen molar-refractivity contribution in [3.8, 4) is 11.4 Å². The lowest BCUT2D eigenvalue weighted by atomic mass is 9.94. The Morgan fingerprint density at radius 1 is 1.33 bits per heavy atom. The van der Waals surface area contributed by atoms with Gasteiger partial charge >= 0.3 is 0 Å². The number of benzene rings is 1. The topological polar surface area (TPSA) is 51.0 Å². The Morgan fingerprint density at radius 3 is 3.10 bits per heavy atom. The molecule has 1 aromatic heterocycles. The summed E-state index contributed by atoms with van der Waals surface area (Å²) in [6, 6.07) is 6.39. The minimum absolute atomic E-state index is 0.243. The highest BCUT2D eigenvalue weighted by Gasteiger charge is 2.42. The lowest BCUT2D eigenvalue weighted by Gasteiger charge is -2.13. The molecule has 1 saturated carbocycles. The van der Waals surface area contributed by atoms with Crippen LogP contribution < -0.4 is 5.32 Å². The maximum atomic E-state index is 5.54. The fourth-order valence-corrected chi connectivity index (χ4v) is 4.05. The first-order valence-electron chi connectivity index (χ1n) is 7.56. The number of nitrogens with one attached hydrogen (secondary N) is 1. The molecule has 1 saturated heterocycles. The molecule has 3 atom stereocenters. The maximum absolute atomic E-state index is 5.54. The van der Waals surface area contributed by atoms with Gasteiger partial charge in [-0.3, -0.25) is 0 Å². The smallest absolute Gasteiger partial charge is 0.244 e. The number of halogens is 1. The van der Waals surface area contributed by atoms with Crippen LogP contribution in [0.25, 0.3) is 11.4 Å². The fraction of sp³-hybridized carbons (Fsp3) is 0.500. The van der Waals surface area contributed by atoms with Crippen molar-refractivity contribution in [3.63, 3.8) is 0 Å². The van der Waals surface area contributed by atoms with E-state index in [-0.39, 0.29) is 6.04 Å². The van der Waals surface area contributed by atoms with Crippen LogP contribution >= 0.6 is 15.9 Å². The number of aryl methyl sites for hydroxylation is 1. The first-order chi connectivity index (χ1) is 10.2. The largest absolute Gasteiger partial charge is 0.337 e. The zero-order chi connectivity index (χ0) is 14.4. The second kappa shape index (κ2) is 5.21. The molecule has 110 valence electrons. The predicted molar refractivity (Wildman–Crippen MR) is 83.7 cm³/mol. The van der Waals surface area contributed by atoms with Gasteiger partial charge in [-0.25, -0.2) is 0 Å². The molecule has 4 nitrogen and oxygen atoms in total. The van der Waals surface area contributed by atoms with Crippen LogP contribution in [-0.4, -0.2) is 16.7 Å². The van der Waals surface area contributed by atoms with E-state index < -0.39 is 0 Å². The first kappa shape index (κ1) is 13.5. The molecule has 1 aliphatic carbocycles. The molecule has 2 aromatic rings. The van der Waals surface area contributed by atoms with Crippen LogP contribution in [0.2, 0.25) is 0 Å². The van der Waals surface area contributed by atoms with Crippen molar-refractivity contribution in [2.75, 3.05) is 6.54 Å². The molecule has 0 amide bonds. The van der Waals surface area contributed by atoms with E-state index in [1.807, 2.05) is 12.1 Å². The molecular weight excluding hydrogens is 330 g/mol. The van der Waals surface area contributed by atoms with Crippen LogP contribution in [0.1, 0.15) is 36.8 Å². The van der Waals surface area contributed by atoms with E-state index >= 15 is 0 Å². The summed E-state index contributed by atoms with van der Waals surface area (Å²) >= 11 is 3.55. The summed E-state index contributed by atoms with van der Waals surface area (Å²) in [5, 5.41) is 7.72. The van der Waals surface area contributed by atoms with Crippen LogP contribution in [0.15, 0.2) is 27.2 Å². The van der Waals surface area contributed by atoms with Gasteiger partial charge in [0.05, 0.1) is 6.04 Å². The number of fused-ring (bicyclic) bond motifs is 1. The fourth-order valence-electron chi connectivity index (χ4n) is 3.67. The summed E-state index contributed by atoms with van der Waals surface area (Å²) in [6.07, 6.45) is 3.94. The molecule has 1 N–H and O–H groups in total. The lowest BCUT2D eigenvalue weighted by molar-refractivity contribution is 0.302. The first-order valence-corrected chi connectivity index (χ1v) is 8.35. The number of hydrogen-bond donors (Lipinski definition) is 1. The van der Waals surface area contributed by atoms with Gasteiger partial charge in [0.25, 0.3) is 0 Å². The van der Waals surface area contributed by atoms with Crippen LogP contribution in [0.4, 0.5) is 0 Å². The average molecular weight is 348 g/mol. The molecule has 2 heterocycles. The lowest BCUT2D eigenvalue weighted by Crippen LogP contribution is -2.18.